The average molecular weight is 662 g/mol. The molecule has 0 radical (unpaired) electrons. The van der Waals surface area contributed by atoms with Crippen LogP contribution in [0, 0.1) is 25.7 Å². The van der Waals surface area contributed by atoms with Gasteiger partial charge in [0.25, 0.3) is 5.91 Å². The number of nitrogens with zero attached hydrogens (tertiary/aromatic N) is 3. The topological polar surface area (TPSA) is 99.6 Å². The highest BCUT2D eigenvalue weighted by Crippen LogP contribution is 2.58. The van der Waals surface area contributed by atoms with Crippen molar-refractivity contribution in [3.63, 3.8) is 0 Å². The van der Waals surface area contributed by atoms with Gasteiger partial charge in [0, 0.05) is 24.5 Å². The molecule has 9 nitrogen and oxygen atoms in total. The molecule has 0 saturated carbocycles. The van der Waals surface area contributed by atoms with E-state index in [1.54, 1.807) is 9.80 Å². The molecule has 6 atom stereocenters. The predicted octanol–water partition coefficient (Wildman–Crippen LogP) is 4.78. The molecule has 0 bridgehead atoms. The van der Waals surface area contributed by atoms with Gasteiger partial charge < -0.3 is 29.3 Å². The number of hydrogen-bond donors (Lipinski definition) is 1. The van der Waals surface area contributed by atoms with Gasteiger partial charge in [-0.3, -0.25) is 14.4 Å². The second kappa shape index (κ2) is 12.6. The number of amides is 3. The van der Waals surface area contributed by atoms with Crippen molar-refractivity contribution in [2.24, 2.45) is 11.8 Å². The number of hydrogen-bond acceptors (Lipinski definition) is 6. The second-order valence-electron chi connectivity index (χ2n) is 13.7. The summed E-state index contributed by atoms with van der Waals surface area (Å²) in [7, 11) is 0. The summed E-state index contributed by atoms with van der Waals surface area (Å²) in [6.07, 6.45) is 7.85. The smallest absolute Gasteiger partial charge is 0.253 e. The molecular weight excluding hydrogens is 618 g/mol. The maximum Gasteiger partial charge on any atom is 0.253 e. The zero-order valence-electron chi connectivity index (χ0n) is 28.4. The average Bonchev–Trinajstić information content (AvgIpc) is 3.37. The van der Waals surface area contributed by atoms with E-state index < -0.39 is 35.1 Å². The summed E-state index contributed by atoms with van der Waals surface area (Å²) in [5.41, 5.74) is 1.65. The van der Waals surface area contributed by atoms with E-state index in [1.807, 2.05) is 125 Å². The Morgan fingerprint density at radius 3 is 2.31 bits per heavy atom. The van der Waals surface area contributed by atoms with Crippen LogP contribution in [0.1, 0.15) is 30.5 Å². The number of carbonyl (C=O) groups is 3. The van der Waals surface area contributed by atoms with Gasteiger partial charge in [-0.2, -0.15) is 0 Å². The van der Waals surface area contributed by atoms with Crippen molar-refractivity contribution in [1.29, 1.82) is 0 Å². The predicted molar refractivity (Wildman–Crippen MR) is 187 cm³/mol. The molecule has 3 aromatic carbocycles. The largest absolute Gasteiger partial charge is 0.494 e. The summed E-state index contributed by atoms with van der Waals surface area (Å²) in [4.78, 5) is 49.9. The number of aryl methyl sites for hydroxylation is 2. The summed E-state index contributed by atoms with van der Waals surface area (Å²) in [5, 5.41) is 10.9. The number of ether oxygens (including phenoxy) is 2. The molecule has 1 N–H and O–H groups in total. The summed E-state index contributed by atoms with van der Waals surface area (Å²) >= 11 is 0. The Labute approximate surface area is 287 Å². The van der Waals surface area contributed by atoms with Crippen LogP contribution >= 0.6 is 0 Å². The molecule has 4 aliphatic heterocycles. The highest BCUT2D eigenvalue weighted by atomic mass is 16.5. The van der Waals surface area contributed by atoms with E-state index in [9.17, 15) is 9.90 Å². The highest BCUT2D eigenvalue weighted by molar-refractivity contribution is 6.08. The van der Waals surface area contributed by atoms with Crippen LogP contribution in [0.5, 0.6) is 5.75 Å². The minimum absolute atomic E-state index is 0.257. The van der Waals surface area contributed by atoms with Crippen molar-refractivity contribution in [1.82, 2.24) is 4.90 Å². The van der Waals surface area contributed by atoms with Crippen LogP contribution in [0.4, 0.5) is 11.4 Å². The second-order valence-corrected chi connectivity index (χ2v) is 13.7. The Balaban J connectivity index is 1.35. The number of rotatable bonds is 8. The molecule has 0 aromatic heterocycles. The lowest BCUT2D eigenvalue weighted by atomic mass is 9.74. The molecule has 7 rings (SSSR count). The maximum atomic E-state index is 15.1. The Bertz CT molecular complexity index is 1820. The lowest BCUT2D eigenvalue weighted by Gasteiger charge is -2.40. The fourth-order valence-corrected chi connectivity index (χ4v) is 8.34. The molecule has 4 heterocycles. The van der Waals surface area contributed by atoms with Crippen LogP contribution in [-0.4, -0.2) is 77.3 Å². The Hall–Kier alpha value is -4.73. The first-order valence-corrected chi connectivity index (χ1v) is 17.1. The molecule has 9 heteroatoms. The lowest BCUT2D eigenvalue weighted by Crippen LogP contribution is -2.59. The third-order valence-corrected chi connectivity index (χ3v) is 10.5. The molecule has 1 spiro atoms. The number of fused-ring (bicyclic) bond motifs is 2. The first kappa shape index (κ1) is 32.8. The number of anilines is 2. The molecular formula is C40H43N3O6. The molecule has 2 fully saturated rings. The third kappa shape index (κ3) is 5.36. The van der Waals surface area contributed by atoms with Crippen molar-refractivity contribution >= 4 is 29.1 Å². The molecule has 4 aliphatic rings. The van der Waals surface area contributed by atoms with E-state index in [1.165, 1.54) is 4.90 Å². The molecule has 1 unspecified atom stereocenters. The Kier molecular flexibility index (Phi) is 8.45. The van der Waals surface area contributed by atoms with E-state index >= 15 is 9.59 Å². The molecule has 254 valence electrons. The standard InChI is InChI=1S/C40H43N3O6/c1-5-48-31-17-15-29(16-18-31)41-21-9-19-39(4)33(36(41)45)34-37(46)43(30(25-44)24-28-11-7-6-8-12-28)35-38(47)42(22-10-20-40(34,35)49-39)32-23-26(2)13-14-27(32)3/h6-20,23,30,33-35,44H,5,21-22,24-25H2,1-4H3/t30-,33+,34+,35?,39-,40+/m1/s1. The van der Waals surface area contributed by atoms with Crippen LogP contribution in [-0.2, 0) is 25.5 Å². The highest BCUT2D eigenvalue weighted by Gasteiger charge is 2.75. The Morgan fingerprint density at radius 1 is 0.878 bits per heavy atom. The summed E-state index contributed by atoms with van der Waals surface area (Å²) in [6, 6.07) is 21.1. The van der Waals surface area contributed by atoms with Crippen LogP contribution in [0.25, 0.3) is 0 Å². The molecule has 0 aliphatic carbocycles. The quantitative estimate of drug-likeness (QED) is 0.349. The third-order valence-electron chi connectivity index (χ3n) is 10.5. The number of carbonyl (C=O) groups excluding carboxylic acids is 3. The van der Waals surface area contributed by atoms with Crippen molar-refractivity contribution in [2.75, 3.05) is 36.1 Å². The first-order chi connectivity index (χ1) is 23.6. The summed E-state index contributed by atoms with van der Waals surface area (Å²) in [6.45, 7) is 8.42. The van der Waals surface area contributed by atoms with Crippen molar-refractivity contribution < 1.29 is 29.0 Å². The van der Waals surface area contributed by atoms with Gasteiger partial charge in [0.1, 0.15) is 17.4 Å². The molecule has 3 amide bonds. The Morgan fingerprint density at radius 2 is 1.59 bits per heavy atom. The van der Waals surface area contributed by atoms with Crippen LogP contribution in [0.3, 0.4) is 0 Å². The van der Waals surface area contributed by atoms with Gasteiger partial charge in [0.05, 0.1) is 36.7 Å². The zero-order valence-corrected chi connectivity index (χ0v) is 28.4. The monoisotopic (exact) mass is 661 g/mol. The van der Waals surface area contributed by atoms with E-state index in [4.69, 9.17) is 9.47 Å². The first-order valence-electron chi connectivity index (χ1n) is 17.1. The maximum absolute atomic E-state index is 15.1. The normalized spacial score (nSPS) is 28.2. The molecule has 2 saturated heterocycles. The van der Waals surface area contributed by atoms with Gasteiger partial charge in [-0.15, -0.1) is 0 Å². The minimum Gasteiger partial charge on any atom is -0.494 e. The van der Waals surface area contributed by atoms with Gasteiger partial charge in [-0.05, 0) is 81.1 Å². The number of benzene rings is 3. The number of likely N-dealkylation sites (tertiary alicyclic amines) is 1. The van der Waals surface area contributed by atoms with Gasteiger partial charge in [-0.25, -0.2) is 0 Å². The fraction of sp³-hybridized carbons (Fsp3) is 0.375. The van der Waals surface area contributed by atoms with Crippen molar-refractivity contribution in [2.45, 2.75) is 57.4 Å². The van der Waals surface area contributed by atoms with Gasteiger partial charge in [0.15, 0.2) is 0 Å². The number of aliphatic hydroxyl groups is 1. The van der Waals surface area contributed by atoms with Gasteiger partial charge in [-0.1, -0.05) is 66.8 Å². The van der Waals surface area contributed by atoms with E-state index in [0.29, 0.717) is 31.0 Å². The fourth-order valence-electron chi connectivity index (χ4n) is 8.34. The van der Waals surface area contributed by atoms with Crippen LogP contribution in [0.2, 0.25) is 0 Å². The summed E-state index contributed by atoms with van der Waals surface area (Å²) < 4.78 is 12.7. The molecule has 3 aromatic rings. The van der Waals surface area contributed by atoms with Crippen LogP contribution < -0.4 is 14.5 Å². The van der Waals surface area contributed by atoms with E-state index in [0.717, 1.165) is 22.4 Å². The summed E-state index contributed by atoms with van der Waals surface area (Å²) in [5.74, 6) is -2.17. The SMILES string of the molecule is CCOc1ccc(N2CC=C[C@@]3(C)O[C@]45C=CCN(c6cc(C)ccc6C)C(=O)C4N([C@@H](CO)Cc4ccccc4)C(=O)[C@@H]5[C@H]3C2=O)cc1. The minimum atomic E-state index is -1.45. The molecule has 49 heavy (non-hydrogen) atoms. The zero-order chi connectivity index (χ0) is 34.5. The van der Waals surface area contributed by atoms with Gasteiger partial charge in [0.2, 0.25) is 11.8 Å². The van der Waals surface area contributed by atoms with E-state index in [2.05, 4.69) is 0 Å². The van der Waals surface area contributed by atoms with Crippen molar-refractivity contribution in [3.8, 4) is 5.75 Å². The van der Waals surface area contributed by atoms with Gasteiger partial charge >= 0.3 is 0 Å². The lowest BCUT2D eigenvalue weighted by molar-refractivity contribution is -0.148. The number of aliphatic hydroxyl groups excluding tert-OH is 1. The van der Waals surface area contributed by atoms with Crippen molar-refractivity contribution in [3.05, 3.63) is 114 Å². The van der Waals surface area contributed by atoms with E-state index in [-0.39, 0.29) is 30.9 Å². The van der Waals surface area contributed by atoms with Crippen LogP contribution in [0.15, 0.2) is 97.1 Å².